The normalized spacial score (nSPS) is 13.1. The molecule has 92 valence electrons. The summed E-state index contributed by atoms with van der Waals surface area (Å²) in [5.74, 6) is 0. The molecule has 0 spiro atoms. The highest BCUT2D eigenvalue weighted by molar-refractivity contribution is 7.12. The van der Waals surface area contributed by atoms with Gasteiger partial charge in [0.1, 0.15) is 11.1 Å². The average molecular weight is 259 g/mol. The van der Waals surface area contributed by atoms with Gasteiger partial charge in [-0.2, -0.15) is 0 Å². The lowest BCUT2D eigenvalue weighted by atomic mass is 10.1. The quantitative estimate of drug-likeness (QED) is 0.743. The number of nitrogens with one attached hydrogen (secondary N) is 1. The number of thiazole rings is 1. The molecule has 3 rings (SSSR count). The lowest BCUT2D eigenvalue weighted by Crippen LogP contribution is -1.89. The summed E-state index contributed by atoms with van der Waals surface area (Å²) in [6, 6.07) is 6.02. The monoisotopic (exact) mass is 259 g/mol. The number of aliphatic hydroxyl groups is 1. The minimum Gasteiger partial charge on any atom is -0.386 e. The van der Waals surface area contributed by atoms with Crippen LogP contribution >= 0.6 is 11.3 Å². The van der Waals surface area contributed by atoms with Crippen LogP contribution in [0.15, 0.2) is 24.5 Å². The average Bonchev–Trinajstić information content (AvgIpc) is 2.93. The number of nitrogens with zero attached hydrogens (tertiary/aromatic N) is 2. The third-order valence-corrected chi connectivity index (χ3v) is 4.01. The van der Waals surface area contributed by atoms with Crippen LogP contribution in [0, 0.1) is 6.92 Å². The van der Waals surface area contributed by atoms with E-state index in [0.717, 1.165) is 32.2 Å². The number of imidazole rings is 1. The van der Waals surface area contributed by atoms with Gasteiger partial charge in [0.25, 0.3) is 0 Å². The van der Waals surface area contributed by atoms with Gasteiger partial charge in [-0.05, 0) is 26.0 Å². The maximum absolute atomic E-state index is 9.58. The zero-order valence-electron chi connectivity index (χ0n) is 10.1. The summed E-state index contributed by atoms with van der Waals surface area (Å²) in [6.07, 6.45) is 1.17. The Hall–Kier alpha value is -1.72. The van der Waals surface area contributed by atoms with Gasteiger partial charge in [-0.3, -0.25) is 0 Å². The highest BCUT2D eigenvalue weighted by atomic mass is 32.1. The number of rotatable bonds is 2. The van der Waals surface area contributed by atoms with E-state index in [9.17, 15) is 5.11 Å². The van der Waals surface area contributed by atoms with E-state index in [4.69, 9.17) is 0 Å². The van der Waals surface area contributed by atoms with E-state index < -0.39 is 6.10 Å². The molecule has 0 amide bonds. The van der Waals surface area contributed by atoms with E-state index >= 15 is 0 Å². The van der Waals surface area contributed by atoms with Crippen molar-refractivity contribution >= 4 is 22.4 Å². The third kappa shape index (κ3) is 1.81. The Morgan fingerprint density at radius 1 is 1.39 bits per heavy atom. The molecule has 4 nitrogen and oxygen atoms in total. The largest absolute Gasteiger partial charge is 0.386 e. The number of fused-ring (bicyclic) bond motifs is 1. The molecular weight excluding hydrogens is 246 g/mol. The van der Waals surface area contributed by atoms with Gasteiger partial charge in [0, 0.05) is 10.4 Å². The number of hydrogen-bond donors (Lipinski definition) is 2. The topological polar surface area (TPSA) is 61.8 Å². The number of benzene rings is 1. The molecule has 1 atom stereocenters. The number of hydrogen-bond acceptors (Lipinski definition) is 4. The number of aromatic nitrogens is 3. The Bertz CT molecular complexity index is 699. The fourth-order valence-electron chi connectivity index (χ4n) is 1.95. The summed E-state index contributed by atoms with van der Waals surface area (Å²) in [7, 11) is 0. The molecule has 0 aliphatic carbocycles. The number of aryl methyl sites for hydroxylation is 1. The molecule has 5 heteroatoms. The lowest BCUT2D eigenvalue weighted by Gasteiger charge is -1.99. The Morgan fingerprint density at radius 3 is 2.94 bits per heavy atom. The van der Waals surface area contributed by atoms with Crippen LogP contribution in [-0.4, -0.2) is 20.1 Å². The third-order valence-electron chi connectivity index (χ3n) is 2.86. The molecule has 0 saturated heterocycles. The van der Waals surface area contributed by atoms with Crippen molar-refractivity contribution in [3.05, 3.63) is 34.4 Å². The second-order valence-corrected chi connectivity index (χ2v) is 5.50. The second kappa shape index (κ2) is 4.19. The van der Waals surface area contributed by atoms with Gasteiger partial charge in [-0.15, -0.1) is 11.3 Å². The van der Waals surface area contributed by atoms with Crippen molar-refractivity contribution in [2.24, 2.45) is 0 Å². The summed E-state index contributed by atoms with van der Waals surface area (Å²) in [5, 5.41) is 10.3. The summed E-state index contributed by atoms with van der Waals surface area (Å²) >= 11 is 1.54. The summed E-state index contributed by atoms with van der Waals surface area (Å²) in [6.45, 7) is 3.76. The van der Waals surface area contributed by atoms with Crippen LogP contribution < -0.4 is 0 Å². The fraction of sp³-hybridized carbons (Fsp3) is 0.231. The first kappa shape index (κ1) is 11.4. The van der Waals surface area contributed by atoms with Gasteiger partial charge >= 0.3 is 0 Å². The molecule has 0 bridgehead atoms. The van der Waals surface area contributed by atoms with E-state index in [-0.39, 0.29) is 0 Å². The molecule has 18 heavy (non-hydrogen) atoms. The van der Waals surface area contributed by atoms with Crippen LogP contribution in [0.4, 0.5) is 0 Å². The summed E-state index contributed by atoms with van der Waals surface area (Å²) in [4.78, 5) is 12.9. The predicted molar refractivity (Wildman–Crippen MR) is 72.6 cm³/mol. The van der Waals surface area contributed by atoms with Crippen molar-refractivity contribution in [3.8, 4) is 11.3 Å². The number of aliphatic hydroxyl groups excluding tert-OH is 1. The van der Waals surface area contributed by atoms with E-state index in [2.05, 4.69) is 15.0 Å². The Labute approximate surface area is 108 Å². The molecule has 1 aromatic carbocycles. The van der Waals surface area contributed by atoms with Gasteiger partial charge in [-0.25, -0.2) is 9.97 Å². The van der Waals surface area contributed by atoms with E-state index in [1.54, 1.807) is 13.3 Å². The van der Waals surface area contributed by atoms with E-state index in [1.165, 1.54) is 11.3 Å². The van der Waals surface area contributed by atoms with Crippen LogP contribution in [-0.2, 0) is 0 Å². The zero-order valence-corrected chi connectivity index (χ0v) is 11.0. The number of aromatic amines is 1. The first-order valence-corrected chi connectivity index (χ1v) is 6.55. The van der Waals surface area contributed by atoms with Crippen molar-refractivity contribution < 1.29 is 5.11 Å². The molecular formula is C13H13N3OS. The van der Waals surface area contributed by atoms with Gasteiger partial charge in [-0.1, -0.05) is 6.07 Å². The second-order valence-electron chi connectivity index (χ2n) is 4.27. The summed E-state index contributed by atoms with van der Waals surface area (Å²) < 4.78 is 0. The van der Waals surface area contributed by atoms with Gasteiger partial charge in [0.05, 0.1) is 23.1 Å². The van der Waals surface area contributed by atoms with E-state index in [1.807, 2.05) is 25.1 Å². The Morgan fingerprint density at radius 2 is 2.22 bits per heavy atom. The molecule has 2 N–H and O–H groups in total. The van der Waals surface area contributed by atoms with Crippen LogP contribution in [0.1, 0.15) is 22.9 Å². The molecule has 0 aliphatic heterocycles. The Kier molecular flexibility index (Phi) is 2.65. The molecule has 0 radical (unpaired) electrons. The molecule has 3 aromatic rings. The first-order chi connectivity index (χ1) is 8.65. The van der Waals surface area contributed by atoms with Crippen molar-refractivity contribution in [2.75, 3.05) is 0 Å². The van der Waals surface area contributed by atoms with Crippen LogP contribution in [0.25, 0.3) is 22.3 Å². The van der Waals surface area contributed by atoms with Gasteiger partial charge < -0.3 is 10.1 Å². The van der Waals surface area contributed by atoms with Crippen LogP contribution in [0.2, 0.25) is 0 Å². The predicted octanol–water partition coefficient (Wildman–Crippen LogP) is 3.05. The molecule has 1 unspecified atom stereocenters. The highest BCUT2D eigenvalue weighted by Crippen LogP contribution is 2.31. The van der Waals surface area contributed by atoms with Crippen molar-refractivity contribution in [2.45, 2.75) is 20.0 Å². The maximum atomic E-state index is 9.58. The summed E-state index contributed by atoms with van der Waals surface area (Å²) in [5.41, 5.74) is 3.93. The minimum atomic E-state index is -0.515. The van der Waals surface area contributed by atoms with Crippen molar-refractivity contribution in [1.29, 1.82) is 0 Å². The SMILES string of the molecule is Cc1sc(C(C)O)nc1-c1ccc2nc[nH]c2c1. The Balaban J connectivity index is 2.13. The zero-order chi connectivity index (χ0) is 12.7. The molecule has 2 heterocycles. The van der Waals surface area contributed by atoms with Crippen LogP contribution in [0.5, 0.6) is 0 Å². The van der Waals surface area contributed by atoms with Gasteiger partial charge in [0.15, 0.2) is 0 Å². The standard InChI is InChI=1S/C13H13N3OS/c1-7(17)13-16-12(8(2)18-13)9-3-4-10-11(5-9)15-6-14-10/h3-7,17H,1-2H3,(H,14,15). The number of H-pyrrole nitrogens is 1. The minimum absolute atomic E-state index is 0.515. The maximum Gasteiger partial charge on any atom is 0.122 e. The lowest BCUT2D eigenvalue weighted by molar-refractivity contribution is 0.199. The fourth-order valence-corrected chi connectivity index (χ4v) is 2.83. The van der Waals surface area contributed by atoms with Crippen molar-refractivity contribution in [3.63, 3.8) is 0 Å². The smallest absolute Gasteiger partial charge is 0.122 e. The van der Waals surface area contributed by atoms with Crippen molar-refractivity contribution in [1.82, 2.24) is 15.0 Å². The molecule has 0 saturated carbocycles. The molecule has 0 aliphatic rings. The van der Waals surface area contributed by atoms with Crippen LogP contribution in [0.3, 0.4) is 0 Å². The molecule has 0 fully saturated rings. The van der Waals surface area contributed by atoms with Gasteiger partial charge in [0.2, 0.25) is 0 Å². The van der Waals surface area contributed by atoms with E-state index in [0.29, 0.717) is 0 Å². The highest BCUT2D eigenvalue weighted by Gasteiger charge is 2.13. The molecule has 2 aromatic heterocycles. The first-order valence-electron chi connectivity index (χ1n) is 5.74.